The number of nitrogens with zero attached hydrogens (tertiary/aromatic N) is 4. The molecule has 7 heteroatoms. The first kappa shape index (κ1) is 15.6. The fourth-order valence-electron chi connectivity index (χ4n) is 2.05. The Kier molecular flexibility index (Phi) is 4.72. The van der Waals surface area contributed by atoms with Gasteiger partial charge in [0, 0.05) is 13.6 Å². The molecule has 0 unspecified atom stereocenters. The third-order valence-corrected chi connectivity index (χ3v) is 3.79. The minimum absolute atomic E-state index is 0.120. The lowest BCUT2D eigenvalue weighted by Gasteiger charge is -2.12. The lowest BCUT2D eigenvalue weighted by Crippen LogP contribution is -2.27. The van der Waals surface area contributed by atoms with Crippen molar-refractivity contribution in [3.8, 4) is 11.4 Å². The van der Waals surface area contributed by atoms with Crippen molar-refractivity contribution in [1.29, 1.82) is 0 Å². The van der Waals surface area contributed by atoms with Crippen LogP contribution < -0.4 is 5.56 Å². The van der Waals surface area contributed by atoms with E-state index >= 15 is 0 Å². The quantitative estimate of drug-likeness (QED) is 0.862. The predicted octanol–water partition coefficient (Wildman–Crippen LogP) is 2.62. The zero-order chi connectivity index (χ0) is 15.6. The Morgan fingerprint density at radius 2 is 2.14 bits per heavy atom. The molecule has 0 aliphatic carbocycles. The summed E-state index contributed by atoms with van der Waals surface area (Å²) in [6.45, 7) is 6.83. The maximum Gasteiger partial charge on any atom is 0.277 e. The molecule has 21 heavy (non-hydrogen) atoms. The van der Waals surface area contributed by atoms with Gasteiger partial charge in [-0.3, -0.25) is 9.89 Å². The summed E-state index contributed by atoms with van der Waals surface area (Å²) in [4.78, 5) is 12.6. The molecule has 0 fully saturated rings. The topological polar surface area (TPSA) is 68.5 Å². The van der Waals surface area contributed by atoms with Gasteiger partial charge in [-0.15, -0.1) is 0 Å². The van der Waals surface area contributed by atoms with Crippen molar-refractivity contribution < 1.29 is 0 Å². The lowest BCUT2D eigenvalue weighted by molar-refractivity contribution is 0.527. The smallest absolute Gasteiger partial charge is 0.277 e. The molecule has 6 nitrogen and oxygen atoms in total. The summed E-state index contributed by atoms with van der Waals surface area (Å²) in [6.07, 6.45) is 1.94. The zero-order valence-electron chi connectivity index (χ0n) is 12.9. The fourth-order valence-corrected chi connectivity index (χ4v) is 2.18. The van der Waals surface area contributed by atoms with Gasteiger partial charge < -0.3 is 4.57 Å². The first-order valence-corrected chi connectivity index (χ1v) is 7.60. The number of aromatic nitrogens is 5. The van der Waals surface area contributed by atoms with Crippen LogP contribution in [-0.2, 0) is 13.6 Å². The molecule has 0 aromatic carbocycles. The van der Waals surface area contributed by atoms with Gasteiger partial charge in [-0.2, -0.15) is 10.2 Å². The summed E-state index contributed by atoms with van der Waals surface area (Å²) < 4.78 is 3.75. The first-order valence-electron chi connectivity index (χ1n) is 7.19. The number of unbranched alkanes of at least 4 members (excludes halogenated alkanes) is 1. The van der Waals surface area contributed by atoms with Crippen LogP contribution in [0.25, 0.3) is 11.4 Å². The fraction of sp³-hybridized carbons (Fsp3) is 0.571. The van der Waals surface area contributed by atoms with Gasteiger partial charge in [0.15, 0.2) is 10.6 Å². The van der Waals surface area contributed by atoms with Gasteiger partial charge in [-0.05, 0) is 30.6 Å². The SMILES string of the molecule is CCCCn1nc(C(C)C)cc(-c2n[nH]c(=S)n2C)c1=O. The number of hydrogen-bond acceptors (Lipinski definition) is 4. The molecule has 0 amide bonds. The number of hydrogen-bond donors (Lipinski definition) is 1. The molecule has 2 aromatic heterocycles. The molecule has 114 valence electrons. The third-order valence-electron chi connectivity index (χ3n) is 3.43. The van der Waals surface area contributed by atoms with E-state index in [1.54, 1.807) is 16.3 Å². The highest BCUT2D eigenvalue weighted by Crippen LogP contribution is 2.17. The van der Waals surface area contributed by atoms with Gasteiger partial charge >= 0.3 is 0 Å². The van der Waals surface area contributed by atoms with E-state index in [9.17, 15) is 4.79 Å². The van der Waals surface area contributed by atoms with Crippen LogP contribution in [0.3, 0.4) is 0 Å². The van der Waals surface area contributed by atoms with Crippen LogP contribution in [0.1, 0.15) is 45.2 Å². The minimum atomic E-state index is -0.120. The summed E-state index contributed by atoms with van der Waals surface area (Å²) >= 11 is 5.13. The molecule has 0 saturated carbocycles. The zero-order valence-corrected chi connectivity index (χ0v) is 13.7. The predicted molar refractivity (Wildman–Crippen MR) is 84.9 cm³/mol. The maximum atomic E-state index is 12.6. The average Bonchev–Trinajstić information content (AvgIpc) is 2.78. The van der Waals surface area contributed by atoms with Crippen molar-refractivity contribution in [2.24, 2.45) is 7.05 Å². The Balaban J connectivity index is 2.64. The summed E-state index contributed by atoms with van der Waals surface area (Å²) in [6, 6.07) is 1.82. The van der Waals surface area contributed by atoms with Gasteiger partial charge in [0.25, 0.3) is 5.56 Å². The molecule has 0 aliphatic heterocycles. The molecule has 0 spiro atoms. The van der Waals surface area contributed by atoms with Gasteiger partial charge in [0.1, 0.15) is 0 Å². The van der Waals surface area contributed by atoms with Gasteiger partial charge in [-0.1, -0.05) is 27.2 Å². The third kappa shape index (κ3) is 3.12. The Morgan fingerprint density at radius 3 is 2.67 bits per heavy atom. The Labute approximate surface area is 128 Å². The summed E-state index contributed by atoms with van der Waals surface area (Å²) in [5, 5.41) is 11.4. The van der Waals surface area contributed by atoms with E-state index in [0.717, 1.165) is 18.5 Å². The maximum absolute atomic E-state index is 12.6. The Bertz CT molecular complexity index is 741. The molecule has 2 heterocycles. The normalized spacial score (nSPS) is 11.3. The van der Waals surface area contributed by atoms with Crippen LogP contribution in [0.4, 0.5) is 0 Å². The lowest BCUT2D eigenvalue weighted by atomic mass is 10.1. The second-order valence-corrected chi connectivity index (χ2v) is 5.82. The van der Waals surface area contributed by atoms with Gasteiger partial charge in [0.2, 0.25) is 0 Å². The highest BCUT2D eigenvalue weighted by molar-refractivity contribution is 7.71. The number of H-pyrrole nitrogens is 1. The highest BCUT2D eigenvalue weighted by atomic mass is 32.1. The molecular formula is C14H21N5OS. The van der Waals surface area contributed by atoms with Crippen molar-refractivity contribution in [2.75, 3.05) is 0 Å². The van der Waals surface area contributed by atoms with E-state index in [1.165, 1.54) is 0 Å². The molecule has 0 bridgehead atoms. The van der Waals surface area contributed by atoms with E-state index in [2.05, 4.69) is 36.1 Å². The summed E-state index contributed by atoms with van der Waals surface area (Å²) in [5.41, 5.74) is 1.30. The number of aryl methyl sites for hydroxylation is 1. The Morgan fingerprint density at radius 1 is 1.43 bits per heavy atom. The van der Waals surface area contributed by atoms with Crippen LogP contribution in [0, 0.1) is 4.77 Å². The van der Waals surface area contributed by atoms with Crippen molar-refractivity contribution in [3.05, 3.63) is 26.9 Å². The monoisotopic (exact) mass is 307 g/mol. The van der Waals surface area contributed by atoms with E-state index in [1.807, 2.05) is 6.07 Å². The largest absolute Gasteiger partial charge is 0.303 e. The first-order chi connectivity index (χ1) is 9.95. The molecule has 0 atom stereocenters. The average molecular weight is 307 g/mol. The molecular weight excluding hydrogens is 286 g/mol. The summed E-state index contributed by atoms with van der Waals surface area (Å²) in [5.74, 6) is 0.795. The van der Waals surface area contributed by atoms with E-state index in [-0.39, 0.29) is 11.5 Å². The molecule has 2 rings (SSSR count). The van der Waals surface area contributed by atoms with Crippen LogP contribution in [0.15, 0.2) is 10.9 Å². The van der Waals surface area contributed by atoms with E-state index < -0.39 is 0 Å². The molecule has 2 aromatic rings. The number of rotatable bonds is 5. The van der Waals surface area contributed by atoms with Crippen molar-refractivity contribution in [3.63, 3.8) is 0 Å². The Hall–Kier alpha value is -1.76. The van der Waals surface area contributed by atoms with Crippen LogP contribution >= 0.6 is 12.2 Å². The van der Waals surface area contributed by atoms with Crippen molar-refractivity contribution >= 4 is 12.2 Å². The standard InChI is InChI=1S/C14H21N5OS/c1-5-6-7-19-13(20)10(8-11(17-19)9(2)3)12-15-16-14(21)18(12)4/h8-9H,5-7H2,1-4H3,(H,16,21). The van der Waals surface area contributed by atoms with Gasteiger partial charge in [-0.25, -0.2) is 4.68 Å². The molecule has 0 saturated heterocycles. The molecule has 1 N–H and O–H groups in total. The van der Waals surface area contributed by atoms with Crippen molar-refractivity contribution in [1.82, 2.24) is 24.5 Å². The minimum Gasteiger partial charge on any atom is -0.303 e. The molecule has 0 aliphatic rings. The van der Waals surface area contributed by atoms with Crippen LogP contribution in [0.2, 0.25) is 0 Å². The second-order valence-electron chi connectivity index (χ2n) is 5.43. The van der Waals surface area contributed by atoms with Crippen LogP contribution in [0.5, 0.6) is 0 Å². The molecule has 0 radical (unpaired) electrons. The summed E-state index contributed by atoms with van der Waals surface area (Å²) in [7, 11) is 1.80. The van der Waals surface area contributed by atoms with E-state index in [0.29, 0.717) is 22.7 Å². The van der Waals surface area contributed by atoms with Gasteiger partial charge in [0.05, 0.1) is 11.3 Å². The van der Waals surface area contributed by atoms with Crippen molar-refractivity contribution in [2.45, 2.75) is 46.1 Å². The van der Waals surface area contributed by atoms with E-state index in [4.69, 9.17) is 12.2 Å². The van der Waals surface area contributed by atoms with Crippen LogP contribution in [-0.4, -0.2) is 24.5 Å². The highest BCUT2D eigenvalue weighted by Gasteiger charge is 2.16. The number of nitrogens with one attached hydrogen (secondary N) is 1. The second kappa shape index (κ2) is 6.34. The number of aromatic amines is 1.